The molecule has 112 valence electrons. The molecule has 2 N–H and O–H groups in total. The van der Waals surface area contributed by atoms with E-state index in [0.29, 0.717) is 11.5 Å². The number of amides is 1. The number of hydrogen-bond donors (Lipinski definition) is 2. The third kappa shape index (κ3) is 4.64. The minimum atomic E-state index is -0.0171. The first-order chi connectivity index (χ1) is 9.64. The zero-order valence-electron chi connectivity index (χ0n) is 12.7. The molecule has 0 fully saturated rings. The van der Waals surface area contributed by atoms with E-state index in [-0.39, 0.29) is 18.5 Å². The fourth-order valence-corrected chi connectivity index (χ4v) is 1.89. The van der Waals surface area contributed by atoms with Crippen molar-refractivity contribution in [2.75, 3.05) is 26.1 Å². The number of benzene rings is 1. The molecule has 0 aliphatic heterocycles. The molecule has 0 unspecified atom stereocenters. The van der Waals surface area contributed by atoms with Crippen molar-refractivity contribution in [1.29, 1.82) is 0 Å². The highest BCUT2D eigenvalue weighted by Gasteiger charge is 2.10. The van der Waals surface area contributed by atoms with Crippen LogP contribution in [-0.2, 0) is 4.79 Å². The molecule has 0 aliphatic rings. The third-order valence-electron chi connectivity index (χ3n) is 3.20. The Kier molecular flexibility index (Phi) is 6.70. The molecular formula is C15H24N2O3. The molecule has 0 heterocycles. The molecule has 1 rings (SSSR count). The molecule has 20 heavy (non-hydrogen) atoms. The summed E-state index contributed by atoms with van der Waals surface area (Å²) in [6.07, 6.45) is 1.88. The maximum Gasteiger partial charge on any atom is 0.239 e. The Morgan fingerprint density at radius 3 is 2.45 bits per heavy atom. The molecule has 0 spiro atoms. The van der Waals surface area contributed by atoms with Gasteiger partial charge >= 0.3 is 0 Å². The van der Waals surface area contributed by atoms with Crippen LogP contribution in [0.25, 0.3) is 0 Å². The highest BCUT2D eigenvalue weighted by molar-refractivity contribution is 5.81. The molecule has 0 radical (unpaired) electrons. The molecule has 0 saturated heterocycles. The highest BCUT2D eigenvalue weighted by atomic mass is 16.5. The van der Waals surface area contributed by atoms with Crippen LogP contribution in [0.3, 0.4) is 0 Å². The molecule has 0 aromatic heterocycles. The van der Waals surface area contributed by atoms with Crippen LogP contribution in [0, 0.1) is 0 Å². The monoisotopic (exact) mass is 280 g/mol. The fraction of sp³-hybridized carbons (Fsp3) is 0.533. The van der Waals surface area contributed by atoms with Gasteiger partial charge in [-0.25, -0.2) is 0 Å². The molecule has 0 aliphatic carbocycles. The summed E-state index contributed by atoms with van der Waals surface area (Å²) in [5.74, 6) is 1.35. The van der Waals surface area contributed by atoms with Gasteiger partial charge in [-0.05, 0) is 25.0 Å². The van der Waals surface area contributed by atoms with Gasteiger partial charge in [-0.3, -0.25) is 4.79 Å². The van der Waals surface area contributed by atoms with Crippen LogP contribution in [0.4, 0.5) is 5.69 Å². The molecule has 5 nitrogen and oxygen atoms in total. The summed E-state index contributed by atoms with van der Waals surface area (Å²) in [5, 5.41) is 6.06. The molecule has 1 aromatic carbocycles. The van der Waals surface area contributed by atoms with E-state index in [2.05, 4.69) is 24.5 Å². The van der Waals surface area contributed by atoms with Gasteiger partial charge in [-0.2, -0.15) is 0 Å². The maximum atomic E-state index is 11.8. The Bertz CT molecular complexity index is 431. The van der Waals surface area contributed by atoms with E-state index in [9.17, 15) is 4.79 Å². The van der Waals surface area contributed by atoms with Gasteiger partial charge in [-0.1, -0.05) is 13.8 Å². The number of anilines is 1. The van der Waals surface area contributed by atoms with E-state index in [1.54, 1.807) is 20.3 Å². The third-order valence-corrected chi connectivity index (χ3v) is 3.20. The van der Waals surface area contributed by atoms with Crippen LogP contribution in [0.5, 0.6) is 11.5 Å². The average molecular weight is 280 g/mol. The number of carbonyl (C=O) groups excluding carboxylic acids is 1. The Labute approximate surface area is 120 Å². The van der Waals surface area contributed by atoms with Crippen molar-refractivity contribution in [3.05, 3.63) is 18.2 Å². The topological polar surface area (TPSA) is 59.6 Å². The lowest BCUT2D eigenvalue weighted by atomic mass is 10.2. The Balaban J connectivity index is 2.58. The van der Waals surface area contributed by atoms with Crippen molar-refractivity contribution in [2.24, 2.45) is 0 Å². The fourth-order valence-electron chi connectivity index (χ4n) is 1.89. The van der Waals surface area contributed by atoms with Crippen molar-refractivity contribution in [3.63, 3.8) is 0 Å². The van der Waals surface area contributed by atoms with Gasteiger partial charge in [0.1, 0.15) is 11.5 Å². The predicted molar refractivity (Wildman–Crippen MR) is 80.5 cm³/mol. The van der Waals surface area contributed by atoms with Crippen LogP contribution < -0.4 is 20.1 Å². The van der Waals surface area contributed by atoms with Crippen molar-refractivity contribution >= 4 is 11.6 Å². The summed E-state index contributed by atoms with van der Waals surface area (Å²) in [7, 11) is 3.19. The summed E-state index contributed by atoms with van der Waals surface area (Å²) in [4.78, 5) is 11.8. The second-order valence-electron chi connectivity index (χ2n) is 4.50. The first kappa shape index (κ1) is 16.1. The van der Waals surface area contributed by atoms with Crippen molar-refractivity contribution in [1.82, 2.24) is 5.32 Å². The van der Waals surface area contributed by atoms with Crippen molar-refractivity contribution in [2.45, 2.75) is 32.7 Å². The average Bonchev–Trinajstić information content (AvgIpc) is 2.50. The number of ether oxygens (including phenoxy) is 2. The van der Waals surface area contributed by atoms with Gasteiger partial charge in [0, 0.05) is 12.1 Å². The number of carbonyl (C=O) groups is 1. The second-order valence-corrected chi connectivity index (χ2v) is 4.50. The van der Waals surface area contributed by atoms with Crippen LogP contribution in [0.15, 0.2) is 18.2 Å². The molecule has 1 aromatic rings. The molecule has 1 amide bonds. The van der Waals surface area contributed by atoms with Crippen molar-refractivity contribution < 1.29 is 14.3 Å². The van der Waals surface area contributed by atoms with Gasteiger partial charge in [0.25, 0.3) is 0 Å². The van der Waals surface area contributed by atoms with Crippen LogP contribution in [0.1, 0.15) is 26.7 Å². The first-order valence-electron chi connectivity index (χ1n) is 6.89. The standard InChI is InChI=1S/C15H24N2O3/c1-5-11(6-2)17-15(18)10-16-13-8-7-12(19-3)9-14(13)20-4/h7-9,11,16H,5-6,10H2,1-4H3,(H,17,18). The summed E-state index contributed by atoms with van der Waals surface area (Å²) in [5.41, 5.74) is 0.771. The largest absolute Gasteiger partial charge is 0.497 e. The lowest BCUT2D eigenvalue weighted by molar-refractivity contribution is -0.120. The summed E-state index contributed by atoms with van der Waals surface area (Å²) in [6, 6.07) is 5.68. The normalized spacial score (nSPS) is 10.2. The SMILES string of the molecule is CCC(CC)NC(=O)CNc1ccc(OC)cc1OC. The number of methoxy groups -OCH3 is 2. The maximum absolute atomic E-state index is 11.8. The molecule has 0 saturated carbocycles. The zero-order valence-corrected chi connectivity index (χ0v) is 12.7. The number of hydrogen-bond acceptors (Lipinski definition) is 4. The van der Waals surface area contributed by atoms with E-state index in [1.807, 2.05) is 12.1 Å². The predicted octanol–water partition coefficient (Wildman–Crippen LogP) is 2.42. The summed E-state index contributed by atoms with van der Waals surface area (Å²) in [6.45, 7) is 4.35. The Hall–Kier alpha value is -1.91. The first-order valence-corrected chi connectivity index (χ1v) is 6.89. The molecular weight excluding hydrogens is 256 g/mol. The minimum Gasteiger partial charge on any atom is -0.497 e. The highest BCUT2D eigenvalue weighted by Crippen LogP contribution is 2.28. The van der Waals surface area contributed by atoms with E-state index >= 15 is 0 Å². The Morgan fingerprint density at radius 2 is 1.90 bits per heavy atom. The van der Waals surface area contributed by atoms with Gasteiger partial charge in [0.15, 0.2) is 0 Å². The summed E-state index contributed by atoms with van der Waals surface area (Å²) >= 11 is 0. The van der Waals surface area contributed by atoms with Crippen LogP contribution >= 0.6 is 0 Å². The summed E-state index contributed by atoms with van der Waals surface area (Å²) < 4.78 is 10.4. The van der Waals surface area contributed by atoms with Crippen molar-refractivity contribution in [3.8, 4) is 11.5 Å². The second kappa shape index (κ2) is 8.30. The van der Waals surface area contributed by atoms with Gasteiger partial charge in [0.05, 0.1) is 26.5 Å². The number of nitrogens with one attached hydrogen (secondary N) is 2. The Morgan fingerprint density at radius 1 is 1.20 bits per heavy atom. The number of rotatable bonds is 8. The molecule has 0 atom stereocenters. The quantitative estimate of drug-likeness (QED) is 0.768. The lowest BCUT2D eigenvalue weighted by Gasteiger charge is -2.16. The minimum absolute atomic E-state index is 0.0171. The molecule has 0 bridgehead atoms. The lowest BCUT2D eigenvalue weighted by Crippen LogP contribution is -2.37. The van der Waals surface area contributed by atoms with E-state index in [1.165, 1.54) is 0 Å². The van der Waals surface area contributed by atoms with Gasteiger partial charge < -0.3 is 20.1 Å². The van der Waals surface area contributed by atoms with E-state index in [4.69, 9.17) is 9.47 Å². The van der Waals surface area contributed by atoms with E-state index in [0.717, 1.165) is 18.5 Å². The van der Waals surface area contributed by atoms with E-state index < -0.39 is 0 Å². The molecule has 5 heteroatoms. The van der Waals surface area contributed by atoms with Crippen LogP contribution in [-0.4, -0.2) is 32.7 Å². The smallest absolute Gasteiger partial charge is 0.239 e. The zero-order chi connectivity index (χ0) is 15.0. The van der Waals surface area contributed by atoms with Crippen LogP contribution in [0.2, 0.25) is 0 Å². The van der Waals surface area contributed by atoms with Gasteiger partial charge in [-0.15, -0.1) is 0 Å². The van der Waals surface area contributed by atoms with Gasteiger partial charge in [0.2, 0.25) is 5.91 Å².